The summed E-state index contributed by atoms with van der Waals surface area (Å²) >= 11 is 0. The van der Waals surface area contributed by atoms with E-state index in [0.29, 0.717) is 6.61 Å². The number of carbonyl (C=O) groups is 1. The van der Waals surface area contributed by atoms with Crippen LogP contribution in [0.2, 0.25) is 0 Å². The number of aliphatic hydroxyl groups excluding tert-OH is 1. The summed E-state index contributed by atoms with van der Waals surface area (Å²) < 4.78 is 16.0. The predicted molar refractivity (Wildman–Crippen MR) is 65.8 cm³/mol. The molecule has 0 unspecified atom stereocenters. The Morgan fingerprint density at radius 2 is 2.17 bits per heavy atom. The van der Waals surface area contributed by atoms with E-state index in [1.165, 1.54) is 6.08 Å². The van der Waals surface area contributed by atoms with Gasteiger partial charge in [-0.1, -0.05) is 6.08 Å². The summed E-state index contributed by atoms with van der Waals surface area (Å²) in [4.78, 5) is 11.7. The lowest BCUT2D eigenvalue weighted by Crippen LogP contribution is -2.39. The zero-order valence-corrected chi connectivity index (χ0v) is 11.4. The van der Waals surface area contributed by atoms with Gasteiger partial charge in [0.1, 0.15) is 0 Å². The lowest BCUT2D eigenvalue weighted by Gasteiger charge is -2.25. The zero-order chi connectivity index (χ0) is 13.9. The fourth-order valence-corrected chi connectivity index (χ4v) is 1.85. The summed E-state index contributed by atoms with van der Waals surface area (Å²) in [6.45, 7) is 11.0. The van der Waals surface area contributed by atoms with Gasteiger partial charge in [0, 0.05) is 5.92 Å². The highest BCUT2D eigenvalue weighted by molar-refractivity contribution is 5.75. The lowest BCUT2D eigenvalue weighted by molar-refractivity contribution is -0.168. The summed E-state index contributed by atoms with van der Waals surface area (Å²) in [5.41, 5.74) is 0. The van der Waals surface area contributed by atoms with Crippen LogP contribution in [-0.2, 0) is 19.0 Å². The van der Waals surface area contributed by atoms with Gasteiger partial charge in [-0.15, -0.1) is 6.58 Å². The van der Waals surface area contributed by atoms with Gasteiger partial charge in [0.25, 0.3) is 0 Å². The van der Waals surface area contributed by atoms with E-state index in [4.69, 9.17) is 14.2 Å². The highest BCUT2D eigenvalue weighted by atomic mass is 16.7. The van der Waals surface area contributed by atoms with E-state index < -0.39 is 29.9 Å². The van der Waals surface area contributed by atoms with Gasteiger partial charge >= 0.3 is 5.97 Å². The Morgan fingerprint density at radius 3 is 2.56 bits per heavy atom. The molecular formula is C13H22O5. The second-order valence-corrected chi connectivity index (χ2v) is 5.11. The third-order valence-electron chi connectivity index (χ3n) is 2.69. The van der Waals surface area contributed by atoms with Crippen LogP contribution in [0.5, 0.6) is 0 Å². The van der Waals surface area contributed by atoms with Gasteiger partial charge in [0.2, 0.25) is 0 Å². The van der Waals surface area contributed by atoms with Gasteiger partial charge < -0.3 is 19.3 Å². The maximum Gasteiger partial charge on any atom is 0.335 e. The van der Waals surface area contributed by atoms with Crippen LogP contribution in [0.1, 0.15) is 27.7 Å². The van der Waals surface area contributed by atoms with Gasteiger partial charge in [-0.05, 0) is 27.7 Å². The first-order valence-electron chi connectivity index (χ1n) is 6.09. The van der Waals surface area contributed by atoms with Crippen LogP contribution >= 0.6 is 0 Å². The van der Waals surface area contributed by atoms with Gasteiger partial charge in [0.15, 0.2) is 11.9 Å². The molecule has 0 radical (unpaired) electrons. The molecule has 0 aliphatic carbocycles. The van der Waals surface area contributed by atoms with Crippen LogP contribution in [0.25, 0.3) is 0 Å². The van der Waals surface area contributed by atoms with Crippen molar-refractivity contribution in [2.75, 3.05) is 6.61 Å². The Balaban J connectivity index is 2.66. The lowest BCUT2D eigenvalue weighted by atomic mass is 9.96. The third kappa shape index (κ3) is 3.80. The van der Waals surface area contributed by atoms with Crippen molar-refractivity contribution in [1.82, 2.24) is 0 Å². The van der Waals surface area contributed by atoms with Crippen molar-refractivity contribution in [3.8, 4) is 0 Å². The van der Waals surface area contributed by atoms with E-state index in [-0.39, 0.29) is 6.10 Å². The van der Waals surface area contributed by atoms with Crippen molar-refractivity contribution < 1.29 is 24.1 Å². The van der Waals surface area contributed by atoms with Crippen molar-refractivity contribution in [3.05, 3.63) is 12.7 Å². The molecule has 0 aromatic rings. The highest BCUT2D eigenvalue weighted by Gasteiger charge is 2.41. The van der Waals surface area contributed by atoms with Crippen LogP contribution in [-0.4, -0.2) is 41.8 Å². The quantitative estimate of drug-likeness (QED) is 0.594. The minimum absolute atomic E-state index is 0.269. The smallest absolute Gasteiger partial charge is 0.335 e. The topological polar surface area (TPSA) is 65.0 Å². The van der Waals surface area contributed by atoms with Crippen molar-refractivity contribution in [2.45, 2.75) is 51.8 Å². The van der Waals surface area contributed by atoms with Gasteiger partial charge in [-0.25, -0.2) is 4.79 Å². The van der Waals surface area contributed by atoms with E-state index in [1.54, 1.807) is 27.7 Å². The van der Waals surface area contributed by atoms with E-state index in [2.05, 4.69) is 6.58 Å². The van der Waals surface area contributed by atoms with Crippen molar-refractivity contribution in [3.63, 3.8) is 0 Å². The molecule has 1 rings (SSSR count). The number of carbonyl (C=O) groups excluding carboxylic acids is 1. The SMILES string of the molecule is C=C[C@@H]([C@H]1COC(C)(C)O1)[C@@H](O)C(=O)OC(C)C. The van der Waals surface area contributed by atoms with Crippen LogP contribution in [0, 0.1) is 5.92 Å². The van der Waals surface area contributed by atoms with E-state index in [0.717, 1.165) is 0 Å². The third-order valence-corrected chi connectivity index (χ3v) is 2.69. The molecule has 0 aromatic carbocycles. The number of esters is 1. The fourth-order valence-electron chi connectivity index (χ4n) is 1.85. The Morgan fingerprint density at radius 1 is 1.56 bits per heavy atom. The molecule has 0 amide bonds. The number of hydrogen-bond acceptors (Lipinski definition) is 5. The van der Waals surface area contributed by atoms with E-state index in [1.807, 2.05) is 0 Å². The van der Waals surface area contributed by atoms with E-state index >= 15 is 0 Å². The molecule has 18 heavy (non-hydrogen) atoms. The number of hydrogen-bond donors (Lipinski definition) is 1. The molecule has 0 spiro atoms. The molecule has 0 saturated carbocycles. The Kier molecular flexibility index (Phi) is 4.90. The highest BCUT2D eigenvalue weighted by Crippen LogP contribution is 2.29. The molecule has 1 saturated heterocycles. The Hall–Kier alpha value is -0.910. The summed E-state index contributed by atoms with van der Waals surface area (Å²) in [6.07, 6.45) is -0.448. The minimum atomic E-state index is -1.28. The van der Waals surface area contributed by atoms with E-state index in [9.17, 15) is 9.90 Å². The standard InChI is InChI=1S/C13H22O5/c1-6-9(10-7-16-13(4,5)18-10)11(14)12(15)17-8(2)3/h6,8-11,14H,1,7H2,2-5H3/t9-,10+,11+/m0/s1. The van der Waals surface area contributed by atoms with Gasteiger partial charge in [0.05, 0.1) is 18.8 Å². The largest absolute Gasteiger partial charge is 0.461 e. The molecule has 0 aromatic heterocycles. The summed E-state index contributed by atoms with van der Waals surface area (Å²) in [6, 6.07) is 0. The average Bonchev–Trinajstić information content (AvgIpc) is 2.58. The molecule has 1 fully saturated rings. The first kappa shape index (κ1) is 15.1. The van der Waals surface area contributed by atoms with Crippen LogP contribution in [0.4, 0.5) is 0 Å². The second-order valence-electron chi connectivity index (χ2n) is 5.11. The Bertz CT molecular complexity index is 311. The molecular weight excluding hydrogens is 236 g/mol. The Labute approximate surface area is 108 Å². The fraction of sp³-hybridized carbons (Fsp3) is 0.769. The maximum atomic E-state index is 11.7. The predicted octanol–water partition coefficient (Wildman–Crippen LogP) is 1.25. The average molecular weight is 258 g/mol. The molecule has 5 nitrogen and oxygen atoms in total. The van der Waals surface area contributed by atoms with Crippen molar-refractivity contribution in [2.24, 2.45) is 5.92 Å². The molecule has 1 N–H and O–H groups in total. The van der Waals surface area contributed by atoms with Gasteiger partial charge in [-0.2, -0.15) is 0 Å². The molecule has 3 atom stereocenters. The van der Waals surface area contributed by atoms with Gasteiger partial charge in [-0.3, -0.25) is 0 Å². The monoisotopic (exact) mass is 258 g/mol. The summed E-state index contributed by atoms with van der Waals surface area (Å²) in [5.74, 6) is -1.91. The van der Waals surface area contributed by atoms with Crippen LogP contribution in [0.3, 0.4) is 0 Å². The number of aliphatic hydroxyl groups is 1. The summed E-state index contributed by atoms with van der Waals surface area (Å²) in [5, 5.41) is 9.98. The van der Waals surface area contributed by atoms with Crippen molar-refractivity contribution >= 4 is 5.97 Å². The van der Waals surface area contributed by atoms with Crippen LogP contribution in [0.15, 0.2) is 12.7 Å². The second kappa shape index (κ2) is 5.82. The number of rotatable bonds is 5. The molecule has 0 bridgehead atoms. The van der Waals surface area contributed by atoms with Crippen LogP contribution < -0.4 is 0 Å². The van der Waals surface area contributed by atoms with Crippen molar-refractivity contribution in [1.29, 1.82) is 0 Å². The molecule has 104 valence electrons. The molecule has 1 aliphatic rings. The molecule has 1 aliphatic heterocycles. The number of ether oxygens (including phenoxy) is 3. The molecule has 1 heterocycles. The minimum Gasteiger partial charge on any atom is -0.461 e. The maximum absolute atomic E-state index is 11.7. The first-order valence-corrected chi connectivity index (χ1v) is 6.09. The zero-order valence-electron chi connectivity index (χ0n) is 11.4. The first-order chi connectivity index (χ1) is 8.26. The molecule has 5 heteroatoms. The normalized spacial score (nSPS) is 25.8. The summed E-state index contributed by atoms with van der Waals surface area (Å²) in [7, 11) is 0.